The summed E-state index contributed by atoms with van der Waals surface area (Å²) in [4.78, 5) is 57.0. The number of fused-ring (bicyclic) bond motifs is 2. The van der Waals surface area contributed by atoms with Crippen LogP contribution >= 0.6 is 12.4 Å². The Bertz CT molecular complexity index is 1150. The fourth-order valence-corrected chi connectivity index (χ4v) is 4.85. The van der Waals surface area contributed by atoms with Crippen LogP contribution in [-0.4, -0.2) is 59.8 Å². The van der Waals surface area contributed by atoms with E-state index in [1.165, 1.54) is 6.26 Å². The summed E-state index contributed by atoms with van der Waals surface area (Å²) in [5.41, 5.74) is 1.01. The van der Waals surface area contributed by atoms with Crippen LogP contribution in [0.1, 0.15) is 73.9 Å². The van der Waals surface area contributed by atoms with Gasteiger partial charge in [-0.3, -0.25) is 19.2 Å². The van der Waals surface area contributed by atoms with E-state index in [2.05, 4.69) is 31.6 Å². The topological polar surface area (TPSA) is 154 Å². The zero-order valence-corrected chi connectivity index (χ0v) is 23.7. The number of hydrogen-bond donors (Lipinski definition) is 5. The maximum Gasteiger partial charge on any atom is 0.273 e. The normalized spacial score (nSPS) is 24.4. The van der Waals surface area contributed by atoms with Gasteiger partial charge in [0.1, 0.15) is 24.4 Å². The molecule has 5 N–H and O–H groups in total. The fraction of sp³-hybridized carbons (Fsp3) is 0.536. The standard InChI is InChI=1S/C28H38N6O5.ClH/c1-17(2)23-28-33-22(16-39-28)24(35)30-13-7-6-11-20(31-25(36)19-12-8-14-29-19)26(37)32-21(27(38)34-23)15-18-9-4-3-5-10-18;/h3-5,9-10,16-17,19-21,23,29H,6-8,11-15H2,1-2H3,(H,30,35)(H,31,36)(H,32,37)(H,34,38);1H/t19-,20+,21+,23+;/m1./s1. The van der Waals surface area contributed by atoms with Crippen molar-refractivity contribution in [2.75, 3.05) is 13.1 Å². The van der Waals surface area contributed by atoms with Gasteiger partial charge in [-0.25, -0.2) is 4.98 Å². The average molecular weight is 575 g/mol. The van der Waals surface area contributed by atoms with Crippen LogP contribution in [0.5, 0.6) is 0 Å². The highest BCUT2D eigenvalue weighted by atomic mass is 35.5. The molecule has 218 valence electrons. The Morgan fingerprint density at radius 3 is 2.50 bits per heavy atom. The van der Waals surface area contributed by atoms with Gasteiger partial charge in [-0.05, 0) is 50.1 Å². The Kier molecular flexibility index (Phi) is 11.5. The second kappa shape index (κ2) is 14.8. The van der Waals surface area contributed by atoms with Gasteiger partial charge in [-0.1, -0.05) is 44.2 Å². The number of oxazole rings is 1. The maximum atomic E-state index is 13.6. The first kappa shape index (κ1) is 31.1. The third-order valence-corrected chi connectivity index (χ3v) is 7.12. The Labute approximate surface area is 240 Å². The summed E-state index contributed by atoms with van der Waals surface area (Å²) in [6.07, 6.45) is 4.69. The lowest BCUT2D eigenvalue weighted by molar-refractivity contribution is -0.133. The number of nitrogens with zero attached hydrogens (tertiary/aromatic N) is 1. The molecule has 2 aromatic rings. The van der Waals surface area contributed by atoms with E-state index >= 15 is 0 Å². The Morgan fingerprint density at radius 1 is 1.02 bits per heavy atom. The molecule has 4 amide bonds. The van der Waals surface area contributed by atoms with Crippen molar-refractivity contribution in [1.29, 1.82) is 0 Å². The molecule has 1 fully saturated rings. The first-order chi connectivity index (χ1) is 18.8. The van der Waals surface area contributed by atoms with E-state index in [0.717, 1.165) is 18.5 Å². The summed E-state index contributed by atoms with van der Waals surface area (Å²) < 4.78 is 5.59. The number of amides is 4. The third kappa shape index (κ3) is 8.28. The van der Waals surface area contributed by atoms with Gasteiger partial charge in [-0.15, -0.1) is 12.4 Å². The molecule has 0 spiro atoms. The van der Waals surface area contributed by atoms with Crippen molar-refractivity contribution in [3.8, 4) is 0 Å². The molecule has 2 bridgehead atoms. The number of hydrogen-bond acceptors (Lipinski definition) is 7. The largest absolute Gasteiger partial charge is 0.446 e. The highest BCUT2D eigenvalue weighted by Gasteiger charge is 2.32. The summed E-state index contributed by atoms with van der Waals surface area (Å²) in [5, 5.41) is 14.7. The van der Waals surface area contributed by atoms with E-state index in [1.807, 2.05) is 44.2 Å². The van der Waals surface area contributed by atoms with Crippen molar-refractivity contribution in [1.82, 2.24) is 31.6 Å². The van der Waals surface area contributed by atoms with Crippen LogP contribution in [0.3, 0.4) is 0 Å². The highest BCUT2D eigenvalue weighted by molar-refractivity contribution is 5.93. The van der Waals surface area contributed by atoms with Crippen molar-refractivity contribution >= 4 is 36.0 Å². The van der Waals surface area contributed by atoms with E-state index in [0.29, 0.717) is 32.2 Å². The molecule has 1 saturated heterocycles. The maximum absolute atomic E-state index is 13.6. The van der Waals surface area contributed by atoms with Crippen molar-refractivity contribution in [3.05, 3.63) is 53.7 Å². The van der Waals surface area contributed by atoms with Gasteiger partial charge in [-0.2, -0.15) is 0 Å². The van der Waals surface area contributed by atoms with Gasteiger partial charge in [0.15, 0.2) is 5.69 Å². The van der Waals surface area contributed by atoms with Gasteiger partial charge in [0, 0.05) is 13.0 Å². The molecule has 0 radical (unpaired) electrons. The fourth-order valence-electron chi connectivity index (χ4n) is 4.85. The second-order valence-corrected chi connectivity index (χ2v) is 10.5. The minimum atomic E-state index is -0.907. The third-order valence-electron chi connectivity index (χ3n) is 7.12. The number of carbonyl (C=O) groups excluding carboxylic acids is 4. The number of carbonyl (C=O) groups is 4. The minimum absolute atomic E-state index is 0. The van der Waals surface area contributed by atoms with Gasteiger partial charge in [0.2, 0.25) is 23.6 Å². The van der Waals surface area contributed by atoms with Crippen LogP contribution in [0.4, 0.5) is 0 Å². The zero-order chi connectivity index (χ0) is 27.8. The summed E-state index contributed by atoms with van der Waals surface area (Å²) >= 11 is 0. The molecule has 0 saturated carbocycles. The van der Waals surface area contributed by atoms with Crippen LogP contribution in [0.2, 0.25) is 0 Å². The highest BCUT2D eigenvalue weighted by Crippen LogP contribution is 2.22. The first-order valence-corrected chi connectivity index (χ1v) is 13.7. The molecule has 1 aromatic heterocycles. The zero-order valence-electron chi connectivity index (χ0n) is 22.9. The van der Waals surface area contributed by atoms with E-state index in [4.69, 9.17) is 4.42 Å². The number of halogens is 1. The van der Waals surface area contributed by atoms with E-state index in [-0.39, 0.29) is 54.2 Å². The van der Waals surface area contributed by atoms with Crippen LogP contribution < -0.4 is 26.6 Å². The number of benzene rings is 1. The second-order valence-electron chi connectivity index (χ2n) is 10.5. The molecule has 12 heteroatoms. The van der Waals surface area contributed by atoms with Crippen LogP contribution in [-0.2, 0) is 20.8 Å². The first-order valence-electron chi connectivity index (χ1n) is 13.7. The number of rotatable bonds is 5. The molecule has 1 aromatic carbocycles. The Hall–Kier alpha value is -3.44. The van der Waals surface area contributed by atoms with Gasteiger partial charge >= 0.3 is 0 Å². The molecule has 0 unspecified atom stereocenters. The molecule has 3 heterocycles. The lowest BCUT2D eigenvalue weighted by Gasteiger charge is -2.26. The van der Waals surface area contributed by atoms with Crippen LogP contribution in [0.15, 0.2) is 41.0 Å². The van der Waals surface area contributed by atoms with E-state index in [9.17, 15) is 19.2 Å². The Morgan fingerprint density at radius 2 is 1.80 bits per heavy atom. The quantitative estimate of drug-likeness (QED) is 0.365. The summed E-state index contributed by atoms with van der Waals surface area (Å²) in [6, 6.07) is 6.73. The van der Waals surface area contributed by atoms with E-state index in [1.54, 1.807) is 0 Å². The lowest BCUT2D eigenvalue weighted by Crippen LogP contribution is -2.56. The Balaban J connectivity index is 0.00000441. The molecular weight excluding hydrogens is 536 g/mol. The SMILES string of the molecule is CC(C)[C@@H]1NC(=O)[C@H](Cc2ccccc2)NC(=O)[C@@H](NC(=O)[C@H]2CCCN2)CCCCNC(=O)c2coc1n2.Cl. The summed E-state index contributed by atoms with van der Waals surface area (Å²) in [6.45, 7) is 4.95. The monoisotopic (exact) mass is 574 g/mol. The van der Waals surface area contributed by atoms with Crippen molar-refractivity contribution < 1.29 is 23.6 Å². The summed E-state index contributed by atoms with van der Waals surface area (Å²) in [7, 11) is 0. The summed E-state index contributed by atoms with van der Waals surface area (Å²) in [5.74, 6) is -1.32. The lowest BCUT2D eigenvalue weighted by atomic mass is 10.0. The molecular formula is C28H39ClN6O5. The molecule has 2 aliphatic heterocycles. The van der Waals surface area contributed by atoms with Crippen LogP contribution in [0, 0.1) is 5.92 Å². The molecule has 4 rings (SSSR count). The molecule has 11 nitrogen and oxygen atoms in total. The van der Waals surface area contributed by atoms with E-state index < -0.39 is 29.9 Å². The van der Waals surface area contributed by atoms with Gasteiger partial charge in [0.05, 0.1) is 6.04 Å². The predicted octanol–water partition coefficient (Wildman–Crippen LogP) is 1.79. The minimum Gasteiger partial charge on any atom is -0.446 e. The van der Waals surface area contributed by atoms with Crippen LogP contribution in [0.25, 0.3) is 0 Å². The number of nitrogens with one attached hydrogen (secondary N) is 5. The smallest absolute Gasteiger partial charge is 0.273 e. The molecule has 40 heavy (non-hydrogen) atoms. The van der Waals surface area contributed by atoms with Crippen molar-refractivity contribution in [2.45, 2.75) is 76.5 Å². The van der Waals surface area contributed by atoms with Crippen molar-refractivity contribution in [2.24, 2.45) is 5.92 Å². The van der Waals surface area contributed by atoms with Gasteiger partial charge in [0.25, 0.3) is 5.91 Å². The van der Waals surface area contributed by atoms with Crippen molar-refractivity contribution in [3.63, 3.8) is 0 Å². The number of aromatic nitrogens is 1. The predicted molar refractivity (Wildman–Crippen MR) is 151 cm³/mol. The molecule has 4 atom stereocenters. The molecule has 0 aliphatic carbocycles. The average Bonchev–Trinajstić information content (AvgIpc) is 3.63. The van der Waals surface area contributed by atoms with Gasteiger partial charge < -0.3 is 31.0 Å². The molecule has 2 aliphatic rings.